The van der Waals surface area contributed by atoms with Gasteiger partial charge in [0, 0.05) is 22.7 Å². The highest BCUT2D eigenvalue weighted by Gasteiger charge is 2.24. The van der Waals surface area contributed by atoms with E-state index in [1.807, 2.05) is 30.0 Å². The summed E-state index contributed by atoms with van der Waals surface area (Å²) in [5, 5.41) is 3.48. The predicted octanol–water partition coefficient (Wildman–Crippen LogP) is 3.60. The van der Waals surface area contributed by atoms with Crippen LogP contribution < -0.4 is 11.1 Å². The number of nitrogens with two attached hydrogens (primary N) is 1. The first-order chi connectivity index (χ1) is 7.65. The molecule has 0 fully saturated rings. The number of nitrogen functional groups attached to an aromatic ring is 1. The Labute approximate surface area is 103 Å². The van der Waals surface area contributed by atoms with Crippen LogP contribution in [-0.2, 0) is 0 Å². The van der Waals surface area contributed by atoms with Gasteiger partial charge in [-0.2, -0.15) is 11.8 Å². The van der Waals surface area contributed by atoms with Crippen LogP contribution in [0.3, 0.4) is 0 Å². The first-order valence-electron chi connectivity index (χ1n) is 5.80. The van der Waals surface area contributed by atoms with Gasteiger partial charge in [0.25, 0.3) is 0 Å². The summed E-state index contributed by atoms with van der Waals surface area (Å²) in [6, 6.07) is 7.94. The molecule has 3 N–H and O–H groups in total. The van der Waals surface area contributed by atoms with Crippen LogP contribution in [0, 0.1) is 0 Å². The number of rotatable bonds is 6. The first-order valence-corrected chi connectivity index (χ1v) is 7.03. The number of anilines is 2. The molecule has 0 aliphatic rings. The number of thioether (sulfide) groups is 1. The molecule has 0 unspecified atom stereocenters. The second kappa shape index (κ2) is 6.04. The molecular formula is C13H22N2S. The van der Waals surface area contributed by atoms with Gasteiger partial charge in [-0.25, -0.2) is 0 Å². The van der Waals surface area contributed by atoms with Gasteiger partial charge in [0.05, 0.1) is 0 Å². The topological polar surface area (TPSA) is 38.0 Å². The van der Waals surface area contributed by atoms with E-state index in [1.165, 1.54) is 12.8 Å². The molecule has 0 aliphatic heterocycles. The van der Waals surface area contributed by atoms with Crippen molar-refractivity contribution in [3.05, 3.63) is 24.3 Å². The molecule has 1 aromatic rings. The molecule has 0 radical (unpaired) electrons. The van der Waals surface area contributed by atoms with Crippen molar-refractivity contribution in [3.63, 3.8) is 0 Å². The Morgan fingerprint density at radius 2 is 2.00 bits per heavy atom. The molecule has 0 heterocycles. The Balaban J connectivity index is 2.62. The van der Waals surface area contributed by atoms with E-state index in [2.05, 4.69) is 31.5 Å². The van der Waals surface area contributed by atoms with Gasteiger partial charge in [-0.05, 0) is 37.3 Å². The normalized spacial score (nSPS) is 11.4. The van der Waals surface area contributed by atoms with Crippen LogP contribution in [0.2, 0.25) is 0 Å². The summed E-state index contributed by atoms with van der Waals surface area (Å²) in [4.78, 5) is 0. The second-order valence-corrected chi connectivity index (χ2v) is 5.35. The van der Waals surface area contributed by atoms with Gasteiger partial charge in [-0.3, -0.25) is 0 Å². The zero-order chi connectivity index (χ0) is 12.0. The molecule has 0 amide bonds. The van der Waals surface area contributed by atoms with Crippen molar-refractivity contribution in [1.29, 1.82) is 0 Å². The second-order valence-electron chi connectivity index (χ2n) is 4.07. The summed E-state index contributed by atoms with van der Waals surface area (Å²) in [7, 11) is 0. The maximum Gasteiger partial charge on any atom is 0.0361 e. The molecule has 0 spiro atoms. The highest BCUT2D eigenvalue weighted by Crippen LogP contribution is 2.30. The van der Waals surface area contributed by atoms with Gasteiger partial charge in [0.15, 0.2) is 0 Å². The third-order valence-electron chi connectivity index (χ3n) is 3.22. The lowest BCUT2D eigenvalue weighted by molar-refractivity contribution is 0.575. The maximum absolute atomic E-state index is 5.75. The Hall–Kier alpha value is -0.830. The van der Waals surface area contributed by atoms with Crippen LogP contribution in [0.1, 0.15) is 26.7 Å². The molecule has 3 heteroatoms. The van der Waals surface area contributed by atoms with Crippen LogP contribution in [0.5, 0.6) is 0 Å². The lowest BCUT2D eigenvalue weighted by Gasteiger charge is -2.30. The molecule has 0 bridgehead atoms. The van der Waals surface area contributed by atoms with Crippen molar-refractivity contribution in [1.82, 2.24) is 0 Å². The Morgan fingerprint density at radius 1 is 1.31 bits per heavy atom. The van der Waals surface area contributed by atoms with Gasteiger partial charge >= 0.3 is 0 Å². The zero-order valence-corrected chi connectivity index (χ0v) is 11.2. The van der Waals surface area contributed by atoms with Crippen LogP contribution in [-0.4, -0.2) is 17.5 Å². The standard InChI is InChI=1S/C13H22N2S/c1-4-13(5-2,16-3)10-15-12-8-6-7-11(14)9-12/h6-9,15H,4-5,10,14H2,1-3H3. The van der Waals surface area contributed by atoms with E-state index in [9.17, 15) is 0 Å². The molecule has 0 saturated heterocycles. The quantitative estimate of drug-likeness (QED) is 0.744. The smallest absolute Gasteiger partial charge is 0.0361 e. The third-order valence-corrected chi connectivity index (χ3v) is 4.81. The Morgan fingerprint density at radius 3 is 2.50 bits per heavy atom. The van der Waals surface area contributed by atoms with Crippen molar-refractivity contribution in [2.45, 2.75) is 31.4 Å². The fourth-order valence-corrected chi connectivity index (χ4v) is 2.57. The van der Waals surface area contributed by atoms with Crippen molar-refractivity contribution < 1.29 is 0 Å². The lowest BCUT2D eigenvalue weighted by Crippen LogP contribution is -2.31. The van der Waals surface area contributed by atoms with Crippen molar-refractivity contribution in [2.24, 2.45) is 0 Å². The average Bonchev–Trinajstić information content (AvgIpc) is 2.32. The molecule has 16 heavy (non-hydrogen) atoms. The van der Waals surface area contributed by atoms with E-state index in [0.717, 1.165) is 17.9 Å². The Kier molecular flexibility index (Phi) is 5.00. The van der Waals surface area contributed by atoms with E-state index >= 15 is 0 Å². The number of nitrogens with one attached hydrogen (secondary N) is 1. The molecule has 2 nitrogen and oxygen atoms in total. The lowest BCUT2D eigenvalue weighted by atomic mass is 10.0. The van der Waals surface area contributed by atoms with Gasteiger partial charge in [0.2, 0.25) is 0 Å². The maximum atomic E-state index is 5.75. The molecular weight excluding hydrogens is 216 g/mol. The molecule has 1 aromatic carbocycles. The van der Waals surface area contributed by atoms with E-state index < -0.39 is 0 Å². The van der Waals surface area contributed by atoms with Crippen molar-refractivity contribution in [2.75, 3.05) is 23.9 Å². The molecule has 0 aliphatic carbocycles. The van der Waals surface area contributed by atoms with Crippen LogP contribution >= 0.6 is 11.8 Å². The monoisotopic (exact) mass is 238 g/mol. The summed E-state index contributed by atoms with van der Waals surface area (Å²) in [6.45, 7) is 5.49. The van der Waals surface area contributed by atoms with Crippen molar-refractivity contribution >= 4 is 23.1 Å². The molecule has 0 aromatic heterocycles. The van der Waals surface area contributed by atoms with E-state index in [4.69, 9.17) is 5.73 Å². The van der Waals surface area contributed by atoms with Gasteiger partial charge in [-0.15, -0.1) is 0 Å². The van der Waals surface area contributed by atoms with Gasteiger partial charge in [0.1, 0.15) is 0 Å². The molecule has 90 valence electrons. The minimum atomic E-state index is 0.338. The predicted molar refractivity (Wildman–Crippen MR) is 76.2 cm³/mol. The Bertz CT molecular complexity index is 313. The van der Waals surface area contributed by atoms with Crippen LogP contribution in [0.15, 0.2) is 24.3 Å². The largest absolute Gasteiger partial charge is 0.399 e. The summed E-state index contributed by atoms with van der Waals surface area (Å²) in [6.07, 6.45) is 4.55. The first kappa shape index (κ1) is 13.2. The molecule has 0 atom stereocenters. The van der Waals surface area contributed by atoms with E-state index in [0.29, 0.717) is 4.75 Å². The average molecular weight is 238 g/mol. The highest BCUT2D eigenvalue weighted by molar-refractivity contribution is 8.00. The van der Waals surface area contributed by atoms with Crippen LogP contribution in [0.25, 0.3) is 0 Å². The van der Waals surface area contributed by atoms with E-state index in [-0.39, 0.29) is 0 Å². The fraction of sp³-hybridized carbons (Fsp3) is 0.538. The summed E-state index contributed by atoms with van der Waals surface area (Å²) >= 11 is 1.95. The SMILES string of the molecule is CCC(CC)(CNc1cccc(N)c1)SC. The highest BCUT2D eigenvalue weighted by atomic mass is 32.2. The minimum Gasteiger partial charge on any atom is -0.399 e. The third kappa shape index (κ3) is 3.34. The fourth-order valence-electron chi connectivity index (χ4n) is 1.77. The van der Waals surface area contributed by atoms with Crippen molar-refractivity contribution in [3.8, 4) is 0 Å². The summed E-state index contributed by atoms with van der Waals surface area (Å²) < 4.78 is 0.338. The molecule has 1 rings (SSSR count). The van der Waals surface area contributed by atoms with E-state index in [1.54, 1.807) is 0 Å². The minimum absolute atomic E-state index is 0.338. The number of hydrogen-bond acceptors (Lipinski definition) is 3. The number of hydrogen-bond donors (Lipinski definition) is 2. The number of benzene rings is 1. The van der Waals surface area contributed by atoms with Gasteiger partial charge in [-0.1, -0.05) is 19.9 Å². The van der Waals surface area contributed by atoms with Crippen LogP contribution in [0.4, 0.5) is 11.4 Å². The zero-order valence-electron chi connectivity index (χ0n) is 10.4. The summed E-state index contributed by atoms with van der Waals surface area (Å²) in [5.41, 5.74) is 7.67. The molecule has 0 saturated carbocycles. The summed E-state index contributed by atoms with van der Waals surface area (Å²) in [5.74, 6) is 0. The van der Waals surface area contributed by atoms with Gasteiger partial charge < -0.3 is 11.1 Å².